The number of hydrogen-bond acceptors (Lipinski definition) is 3. The van der Waals surface area contributed by atoms with Crippen molar-refractivity contribution in [1.29, 1.82) is 0 Å². The van der Waals surface area contributed by atoms with Gasteiger partial charge in [-0.15, -0.1) is 0 Å². The van der Waals surface area contributed by atoms with Crippen LogP contribution in [0.25, 0.3) is 10.8 Å². The minimum atomic E-state index is 0.557. The van der Waals surface area contributed by atoms with Crippen molar-refractivity contribution in [3.8, 4) is 0 Å². The van der Waals surface area contributed by atoms with Gasteiger partial charge in [0.1, 0.15) is 5.82 Å². The van der Waals surface area contributed by atoms with Crippen molar-refractivity contribution < 1.29 is 0 Å². The zero-order chi connectivity index (χ0) is 15.4. The lowest BCUT2D eigenvalue weighted by Gasteiger charge is -2.30. The van der Waals surface area contributed by atoms with E-state index in [1.165, 1.54) is 5.39 Å². The molecule has 114 valence electrons. The van der Waals surface area contributed by atoms with Gasteiger partial charge in [0, 0.05) is 46.6 Å². The van der Waals surface area contributed by atoms with Crippen LogP contribution in [0.3, 0.4) is 0 Å². The summed E-state index contributed by atoms with van der Waals surface area (Å²) in [5, 5.41) is 5.84. The van der Waals surface area contributed by atoms with E-state index in [-0.39, 0.29) is 0 Å². The molecule has 3 nitrogen and oxygen atoms in total. The first-order valence-electron chi connectivity index (χ1n) is 7.53. The van der Waals surface area contributed by atoms with Gasteiger partial charge in [0.05, 0.1) is 0 Å². The van der Waals surface area contributed by atoms with Crippen LogP contribution in [0.1, 0.15) is 27.7 Å². The Labute approximate surface area is 135 Å². The quantitative estimate of drug-likeness (QED) is 0.830. The lowest BCUT2D eigenvalue weighted by molar-refractivity contribution is 0.182. The van der Waals surface area contributed by atoms with E-state index in [4.69, 9.17) is 0 Å². The summed E-state index contributed by atoms with van der Waals surface area (Å²) in [5.41, 5.74) is 0. The molecule has 0 unspecified atom stereocenters. The Morgan fingerprint density at radius 1 is 1.10 bits per heavy atom. The highest BCUT2D eigenvalue weighted by Gasteiger charge is 2.12. The first kappa shape index (κ1) is 16.2. The predicted molar refractivity (Wildman–Crippen MR) is 94.9 cm³/mol. The normalized spacial score (nSPS) is 11.8. The number of benzene rings is 1. The van der Waals surface area contributed by atoms with Crippen molar-refractivity contribution in [2.24, 2.45) is 0 Å². The van der Waals surface area contributed by atoms with Crippen molar-refractivity contribution in [2.45, 2.75) is 39.8 Å². The molecule has 2 aromatic rings. The smallest absolute Gasteiger partial charge is 0.133 e. The summed E-state index contributed by atoms with van der Waals surface area (Å²) in [6.07, 6.45) is 1.86. The fourth-order valence-electron chi connectivity index (χ4n) is 2.73. The van der Waals surface area contributed by atoms with E-state index in [0.29, 0.717) is 12.1 Å². The van der Waals surface area contributed by atoms with E-state index in [1.807, 2.05) is 18.3 Å². The zero-order valence-electron chi connectivity index (χ0n) is 13.2. The fourth-order valence-corrected chi connectivity index (χ4v) is 3.22. The Morgan fingerprint density at radius 3 is 2.48 bits per heavy atom. The number of nitrogens with one attached hydrogen (secondary N) is 1. The van der Waals surface area contributed by atoms with Crippen molar-refractivity contribution in [3.05, 3.63) is 34.9 Å². The van der Waals surface area contributed by atoms with E-state index in [9.17, 15) is 0 Å². The summed E-state index contributed by atoms with van der Waals surface area (Å²) >= 11 is 3.60. The van der Waals surface area contributed by atoms with Gasteiger partial charge in [-0.05, 0) is 39.8 Å². The molecule has 0 radical (unpaired) electrons. The van der Waals surface area contributed by atoms with E-state index in [1.54, 1.807) is 0 Å². The number of hydrogen-bond donors (Lipinski definition) is 1. The van der Waals surface area contributed by atoms with Gasteiger partial charge in [0.15, 0.2) is 0 Å². The molecule has 0 spiro atoms. The molecule has 0 saturated heterocycles. The Morgan fingerprint density at radius 2 is 1.81 bits per heavy atom. The Hall–Kier alpha value is -1.13. The second-order valence-electron chi connectivity index (χ2n) is 5.85. The summed E-state index contributed by atoms with van der Waals surface area (Å²) in [6, 6.07) is 9.37. The van der Waals surface area contributed by atoms with Gasteiger partial charge >= 0.3 is 0 Å². The first-order valence-corrected chi connectivity index (χ1v) is 8.33. The third-order valence-electron chi connectivity index (χ3n) is 3.74. The van der Waals surface area contributed by atoms with Crippen molar-refractivity contribution >= 4 is 32.5 Å². The van der Waals surface area contributed by atoms with Crippen molar-refractivity contribution in [2.75, 3.05) is 18.4 Å². The molecule has 0 saturated carbocycles. The molecular formula is C17H24BrN3. The maximum atomic E-state index is 4.48. The maximum absolute atomic E-state index is 4.48. The molecule has 0 fully saturated rings. The maximum Gasteiger partial charge on any atom is 0.133 e. The number of nitrogens with zero attached hydrogens (tertiary/aromatic N) is 2. The monoisotopic (exact) mass is 349 g/mol. The molecule has 0 aliphatic heterocycles. The van der Waals surface area contributed by atoms with Crippen molar-refractivity contribution in [1.82, 2.24) is 9.88 Å². The molecule has 21 heavy (non-hydrogen) atoms. The van der Waals surface area contributed by atoms with Gasteiger partial charge in [-0.2, -0.15) is 0 Å². The molecule has 1 aromatic carbocycles. The van der Waals surface area contributed by atoms with Crippen LogP contribution in [0.4, 0.5) is 5.82 Å². The fraction of sp³-hybridized carbons (Fsp3) is 0.471. The van der Waals surface area contributed by atoms with Crippen LogP contribution in [0.2, 0.25) is 0 Å². The minimum Gasteiger partial charge on any atom is -0.368 e. The van der Waals surface area contributed by atoms with Crippen LogP contribution in [-0.4, -0.2) is 35.1 Å². The average molecular weight is 350 g/mol. The average Bonchev–Trinajstić information content (AvgIpc) is 2.43. The van der Waals surface area contributed by atoms with E-state index < -0.39 is 0 Å². The zero-order valence-corrected chi connectivity index (χ0v) is 14.8. The van der Waals surface area contributed by atoms with Crippen LogP contribution in [0, 0.1) is 0 Å². The highest BCUT2D eigenvalue weighted by Crippen LogP contribution is 2.27. The Kier molecular flexibility index (Phi) is 5.59. The third kappa shape index (κ3) is 3.95. The number of fused-ring (bicyclic) bond motifs is 1. The molecule has 0 amide bonds. The predicted octanol–water partition coefficient (Wildman–Crippen LogP) is 4.53. The molecule has 0 aliphatic rings. The van der Waals surface area contributed by atoms with Crippen LogP contribution < -0.4 is 5.32 Å². The highest BCUT2D eigenvalue weighted by molar-refractivity contribution is 9.10. The Bertz CT molecular complexity index is 588. The van der Waals surface area contributed by atoms with Gasteiger partial charge in [-0.3, -0.25) is 4.90 Å². The molecule has 1 N–H and O–H groups in total. The molecule has 0 bridgehead atoms. The lowest BCUT2D eigenvalue weighted by Crippen LogP contribution is -2.40. The molecule has 0 atom stereocenters. The number of anilines is 1. The van der Waals surface area contributed by atoms with Crippen molar-refractivity contribution in [3.63, 3.8) is 0 Å². The standard InChI is InChI=1S/C17H24BrN3/c1-12(2)21(13(3)4)11-10-20-17-15-6-5-7-16(18)14(15)8-9-19-17/h5-9,12-13H,10-11H2,1-4H3,(H,19,20). The van der Waals surface area contributed by atoms with E-state index in [0.717, 1.165) is 28.8 Å². The second kappa shape index (κ2) is 7.23. The summed E-state index contributed by atoms with van der Waals surface area (Å²) in [5.74, 6) is 0.960. The van der Waals surface area contributed by atoms with Crippen LogP contribution in [0.5, 0.6) is 0 Å². The van der Waals surface area contributed by atoms with E-state index >= 15 is 0 Å². The first-order chi connectivity index (χ1) is 10.0. The number of halogens is 1. The van der Waals surface area contributed by atoms with Gasteiger partial charge in [0.25, 0.3) is 0 Å². The van der Waals surface area contributed by atoms with Crippen LogP contribution in [0.15, 0.2) is 34.9 Å². The van der Waals surface area contributed by atoms with Crippen LogP contribution >= 0.6 is 15.9 Å². The Balaban J connectivity index is 2.09. The highest BCUT2D eigenvalue weighted by atomic mass is 79.9. The summed E-state index contributed by atoms with van der Waals surface area (Å²) in [7, 11) is 0. The molecular weight excluding hydrogens is 326 g/mol. The topological polar surface area (TPSA) is 28.2 Å². The summed E-state index contributed by atoms with van der Waals surface area (Å²) in [4.78, 5) is 6.96. The summed E-state index contributed by atoms with van der Waals surface area (Å²) in [6.45, 7) is 10.9. The van der Waals surface area contributed by atoms with Gasteiger partial charge in [0.2, 0.25) is 0 Å². The van der Waals surface area contributed by atoms with E-state index in [2.05, 4.69) is 71.0 Å². The molecule has 1 heterocycles. The van der Waals surface area contributed by atoms with Gasteiger partial charge < -0.3 is 5.32 Å². The molecule has 0 aliphatic carbocycles. The second-order valence-corrected chi connectivity index (χ2v) is 6.70. The number of rotatable bonds is 6. The van der Waals surface area contributed by atoms with Crippen LogP contribution in [-0.2, 0) is 0 Å². The van der Waals surface area contributed by atoms with Gasteiger partial charge in [-0.1, -0.05) is 28.1 Å². The number of aromatic nitrogens is 1. The number of pyridine rings is 1. The third-order valence-corrected chi connectivity index (χ3v) is 4.43. The van der Waals surface area contributed by atoms with Gasteiger partial charge in [-0.25, -0.2) is 4.98 Å². The summed E-state index contributed by atoms with van der Waals surface area (Å²) < 4.78 is 1.11. The molecule has 4 heteroatoms. The molecule has 2 rings (SSSR count). The largest absolute Gasteiger partial charge is 0.368 e. The molecule has 1 aromatic heterocycles. The SMILES string of the molecule is CC(C)N(CCNc1nccc2c(Br)cccc12)C(C)C. The lowest BCUT2D eigenvalue weighted by atomic mass is 10.1. The minimum absolute atomic E-state index is 0.557.